The minimum absolute atomic E-state index is 0.180. The first-order valence-corrected chi connectivity index (χ1v) is 12.8. The summed E-state index contributed by atoms with van der Waals surface area (Å²) in [6.45, 7) is 3.53. The molecule has 0 radical (unpaired) electrons. The summed E-state index contributed by atoms with van der Waals surface area (Å²) >= 11 is 5.76. The van der Waals surface area contributed by atoms with Crippen molar-refractivity contribution in [1.82, 2.24) is 10.6 Å². The fraction of sp³-hybridized carbons (Fsp3) is 0.364. The molecule has 1 saturated heterocycles. The highest BCUT2D eigenvalue weighted by molar-refractivity contribution is 7.92. The zero-order chi connectivity index (χ0) is 28.5. The van der Waals surface area contributed by atoms with E-state index in [4.69, 9.17) is 26.2 Å². The SMILES string of the molecule is COCCNC(=O)c1ccc(N2CCNCC2)c(NS(=O)(=O)c2ccc(F)c(Cl)c2)c1.O=C(O)C(F)(F)F. The average molecular weight is 585 g/mol. The topological polar surface area (TPSA) is 137 Å². The Balaban J connectivity index is 0.000000638. The highest BCUT2D eigenvalue weighted by atomic mass is 35.5. The number of hydrogen-bond acceptors (Lipinski definition) is 7. The number of alkyl halides is 3. The van der Waals surface area contributed by atoms with Gasteiger partial charge in [-0.1, -0.05) is 11.6 Å². The molecule has 1 heterocycles. The lowest BCUT2D eigenvalue weighted by Crippen LogP contribution is -2.43. The fourth-order valence-electron chi connectivity index (χ4n) is 3.16. The van der Waals surface area contributed by atoms with Crippen LogP contribution in [0, 0.1) is 5.82 Å². The van der Waals surface area contributed by atoms with Crippen LogP contribution in [-0.4, -0.2) is 78.0 Å². The van der Waals surface area contributed by atoms with E-state index in [2.05, 4.69) is 15.4 Å². The lowest BCUT2D eigenvalue weighted by molar-refractivity contribution is -0.192. The number of nitrogens with zero attached hydrogens (tertiary/aromatic N) is 1. The molecule has 0 aromatic heterocycles. The third kappa shape index (κ3) is 9.01. The molecule has 1 aliphatic rings. The molecule has 210 valence electrons. The number of hydrogen-bond donors (Lipinski definition) is 4. The van der Waals surface area contributed by atoms with Gasteiger partial charge < -0.3 is 25.4 Å². The summed E-state index contributed by atoms with van der Waals surface area (Å²) in [5, 5.41) is 12.8. The van der Waals surface area contributed by atoms with E-state index in [0.717, 1.165) is 31.3 Å². The van der Waals surface area contributed by atoms with Crippen LogP contribution >= 0.6 is 11.6 Å². The zero-order valence-corrected chi connectivity index (χ0v) is 21.5. The summed E-state index contributed by atoms with van der Waals surface area (Å²) in [6.07, 6.45) is -5.08. The van der Waals surface area contributed by atoms with Crippen LogP contribution < -0.4 is 20.3 Å². The van der Waals surface area contributed by atoms with Gasteiger partial charge in [0.25, 0.3) is 15.9 Å². The molecule has 2 aromatic rings. The lowest BCUT2D eigenvalue weighted by Gasteiger charge is -2.31. The molecular formula is C22H25ClF4N4O6S. The van der Waals surface area contributed by atoms with E-state index >= 15 is 0 Å². The van der Waals surface area contributed by atoms with Gasteiger partial charge in [-0.05, 0) is 36.4 Å². The Hall–Kier alpha value is -3.14. The van der Waals surface area contributed by atoms with Gasteiger partial charge in [-0.2, -0.15) is 13.2 Å². The second-order valence-electron chi connectivity index (χ2n) is 7.70. The first kappa shape index (κ1) is 31.1. The van der Waals surface area contributed by atoms with Crippen LogP contribution in [-0.2, 0) is 19.6 Å². The van der Waals surface area contributed by atoms with Gasteiger partial charge in [-0.3, -0.25) is 9.52 Å². The number of nitrogens with one attached hydrogen (secondary N) is 3. The van der Waals surface area contributed by atoms with Crippen molar-refractivity contribution in [3.63, 3.8) is 0 Å². The molecule has 38 heavy (non-hydrogen) atoms. The summed E-state index contributed by atoms with van der Waals surface area (Å²) in [5.74, 6) is -3.82. The van der Waals surface area contributed by atoms with E-state index in [9.17, 15) is 30.8 Å². The summed E-state index contributed by atoms with van der Waals surface area (Å²) in [4.78, 5) is 23.2. The molecule has 16 heteroatoms. The van der Waals surface area contributed by atoms with Gasteiger partial charge in [-0.15, -0.1) is 0 Å². The molecule has 3 rings (SSSR count). The highest BCUT2D eigenvalue weighted by Gasteiger charge is 2.38. The van der Waals surface area contributed by atoms with Gasteiger partial charge in [-0.25, -0.2) is 17.6 Å². The largest absolute Gasteiger partial charge is 0.490 e. The fourth-order valence-corrected chi connectivity index (χ4v) is 4.49. The Morgan fingerprint density at radius 1 is 1.16 bits per heavy atom. The number of benzene rings is 2. The number of carbonyl (C=O) groups excluding carboxylic acids is 1. The van der Waals surface area contributed by atoms with Crippen molar-refractivity contribution in [3.05, 3.63) is 52.8 Å². The smallest absolute Gasteiger partial charge is 0.475 e. The third-order valence-corrected chi connectivity index (χ3v) is 6.65. The van der Waals surface area contributed by atoms with Crippen molar-refractivity contribution in [1.29, 1.82) is 0 Å². The number of rotatable bonds is 8. The predicted molar refractivity (Wildman–Crippen MR) is 132 cm³/mol. The van der Waals surface area contributed by atoms with Gasteiger partial charge in [0.1, 0.15) is 5.82 Å². The van der Waals surface area contributed by atoms with Gasteiger partial charge in [0, 0.05) is 45.4 Å². The Labute approximate surface area is 221 Å². The van der Waals surface area contributed by atoms with Crippen molar-refractivity contribution in [2.75, 3.05) is 56.1 Å². The Morgan fingerprint density at radius 3 is 2.34 bits per heavy atom. The number of sulfonamides is 1. The Bertz CT molecular complexity index is 1240. The van der Waals surface area contributed by atoms with Crippen molar-refractivity contribution in [2.45, 2.75) is 11.1 Å². The van der Waals surface area contributed by atoms with Gasteiger partial charge >= 0.3 is 12.1 Å². The summed E-state index contributed by atoms with van der Waals surface area (Å²) in [7, 11) is -2.54. The van der Waals surface area contributed by atoms with E-state index in [1.54, 1.807) is 12.1 Å². The van der Waals surface area contributed by atoms with Crippen LogP contribution in [0.2, 0.25) is 5.02 Å². The maximum Gasteiger partial charge on any atom is 0.490 e. The molecule has 2 aromatic carbocycles. The van der Waals surface area contributed by atoms with Gasteiger partial charge in [0.2, 0.25) is 0 Å². The van der Waals surface area contributed by atoms with Gasteiger partial charge in [0.15, 0.2) is 0 Å². The molecule has 0 aliphatic carbocycles. The first-order chi connectivity index (χ1) is 17.8. The first-order valence-electron chi connectivity index (χ1n) is 10.9. The van der Waals surface area contributed by atoms with E-state index in [-0.39, 0.29) is 21.5 Å². The normalized spacial score (nSPS) is 13.8. The van der Waals surface area contributed by atoms with Crippen LogP contribution in [0.5, 0.6) is 0 Å². The summed E-state index contributed by atoms with van der Waals surface area (Å²) in [6, 6.07) is 8.02. The quantitative estimate of drug-likeness (QED) is 0.275. The molecule has 1 fully saturated rings. The maximum absolute atomic E-state index is 13.5. The van der Waals surface area contributed by atoms with Gasteiger partial charge in [0.05, 0.1) is 27.9 Å². The minimum Gasteiger partial charge on any atom is -0.475 e. The molecule has 1 aliphatic heterocycles. The minimum atomic E-state index is -5.08. The standard InChI is InChI=1S/C20H24ClFN4O4S.C2HF3O2/c1-30-11-8-24-20(27)14-2-5-19(26-9-6-23-7-10-26)18(12-14)25-31(28,29)15-3-4-17(22)16(21)13-15;3-2(4,5)1(6)7/h2-5,12-13,23,25H,6-11H2,1H3,(H,24,27);(H,6,7). The Kier molecular flexibility index (Phi) is 11.1. The number of piperazine rings is 1. The monoisotopic (exact) mass is 584 g/mol. The second kappa shape index (κ2) is 13.6. The number of methoxy groups -OCH3 is 1. The third-order valence-electron chi connectivity index (χ3n) is 5.00. The molecule has 0 spiro atoms. The van der Waals surface area contributed by atoms with E-state index in [1.807, 2.05) is 4.90 Å². The van der Waals surface area contributed by atoms with E-state index in [0.29, 0.717) is 37.5 Å². The maximum atomic E-state index is 13.5. The molecule has 4 N–H and O–H groups in total. The number of amides is 1. The number of carboxylic acids is 1. The Morgan fingerprint density at radius 2 is 1.79 bits per heavy atom. The van der Waals surface area contributed by atoms with Crippen LogP contribution in [0.4, 0.5) is 28.9 Å². The molecule has 0 saturated carbocycles. The van der Waals surface area contributed by atoms with Crippen molar-refractivity contribution in [3.8, 4) is 0 Å². The van der Waals surface area contributed by atoms with E-state index < -0.39 is 28.0 Å². The van der Waals surface area contributed by atoms with E-state index in [1.165, 1.54) is 13.2 Å². The van der Waals surface area contributed by atoms with Crippen LogP contribution in [0.1, 0.15) is 10.4 Å². The summed E-state index contributed by atoms with van der Waals surface area (Å²) < 4.78 is 78.6. The lowest BCUT2D eigenvalue weighted by atomic mass is 10.1. The zero-order valence-electron chi connectivity index (χ0n) is 19.9. The number of ether oxygens (including phenoxy) is 1. The van der Waals surface area contributed by atoms with Crippen molar-refractivity contribution < 1.29 is 45.4 Å². The molecular weight excluding hydrogens is 560 g/mol. The predicted octanol–water partition coefficient (Wildman–Crippen LogP) is 2.70. The number of anilines is 2. The van der Waals surface area contributed by atoms with Crippen molar-refractivity contribution >= 4 is 44.9 Å². The number of aliphatic carboxylic acids is 1. The molecule has 0 unspecified atom stereocenters. The summed E-state index contributed by atoms with van der Waals surface area (Å²) in [5.41, 5.74) is 1.19. The van der Waals surface area contributed by atoms with Crippen LogP contribution in [0.25, 0.3) is 0 Å². The second-order valence-corrected chi connectivity index (χ2v) is 9.79. The molecule has 0 bridgehead atoms. The number of carbonyl (C=O) groups is 2. The highest BCUT2D eigenvalue weighted by Crippen LogP contribution is 2.30. The van der Waals surface area contributed by atoms with Crippen molar-refractivity contribution in [2.24, 2.45) is 0 Å². The van der Waals surface area contributed by atoms with Crippen LogP contribution in [0.3, 0.4) is 0 Å². The number of halogens is 5. The van der Waals surface area contributed by atoms with Crippen LogP contribution in [0.15, 0.2) is 41.3 Å². The molecule has 10 nitrogen and oxygen atoms in total. The number of carboxylic acid groups (broad SMARTS) is 1. The molecule has 1 amide bonds. The average Bonchev–Trinajstić information content (AvgIpc) is 2.85. The molecule has 0 atom stereocenters.